The van der Waals surface area contributed by atoms with Crippen molar-refractivity contribution in [1.82, 2.24) is 5.48 Å². The van der Waals surface area contributed by atoms with E-state index in [1.165, 1.54) is 19.3 Å². The SMILES string of the molecule is O=C(NO)c1ccc(OC2CCCCC2)cc1. The molecule has 1 aliphatic rings. The summed E-state index contributed by atoms with van der Waals surface area (Å²) in [7, 11) is 0. The van der Waals surface area contributed by atoms with Gasteiger partial charge in [0.1, 0.15) is 5.75 Å². The summed E-state index contributed by atoms with van der Waals surface area (Å²) in [5, 5.41) is 8.49. The third-order valence-corrected chi connectivity index (χ3v) is 3.07. The average molecular weight is 235 g/mol. The lowest BCUT2D eigenvalue weighted by Gasteiger charge is -2.22. The number of hydrogen-bond acceptors (Lipinski definition) is 3. The summed E-state index contributed by atoms with van der Waals surface area (Å²) >= 11 is 0. The highest BCUT2D eigenvalue weighted by Gasteiger charge is 2.14. The number of hydrogen-bond donors (Lipinski definition) is 2. The van der Waals surface area contributed by atoms with E-state index < -0.39 is 5.91 Å². The van der Waals surface area contributed by atoms with Crippen LogP contribution in [-0.4, -0.2) is 17.2 Å². The third-order valence-electron chi connectivity index (χ3n) is 3.07. The first-order valence-corrected chi connectivity index (χ1v) is 6.01. The molecule has 1 amide bonds. The molecule has 1 fully saturated rings. The van der Waals surface area contributed by atoms with Gasteiger partial charge in [0.15, 0.2) is 0 Å². The lowest BCUT2D eigenvalue weighted by molar-refractivity contribution is 0.0706. The molecule has 0 atom stereocenters. The molecule has 4 nitrogen and oxygen atoms in total. The Morgan fingerprint density at radius 3 is 2.41 bits per heavy atom. The molecule has 0 unspecified atom stereocenters. The van der Waals surface area contributed by atoms with Crippen molar-refractivity contribution in [3.05, 3.63) is 29.8 Å². The fourth-order valence-electron chi connectivity index (χ4n) is 2.12. The van der Waals surface area contributed by atoms with Crippen molar-refractivity contribution in [3.8, 4) is 5.75 Å². The van der Waals surface area contributed by atoms with Gasteiger partial charge in [-0.3, -0.25) is 10.0 Å². The summed E-state index contributed by atoms with van der Waals surface area (Å²) < 4.78 is 5.83. The van der Waals surface area contributed by atoms with Crippen LogP contribution in [0.5, 0.6) is 5.75 Å². The number of benzene rings is 1. The second kappa shape index (κ2) is 5.68. The second-order valence-electron chi connectivity index (χ2n) is 4.34. The van der Waals surface area contributed by atoms with Crippen LogP contribution in [0.2, 0.25) is 0 Å². The van der Waals surface area contributed by atoms with Gasteiger partial charge in [-0.1, -0.05) is 6.42 Å². The smallest absolute Gasteiger partial charge is 0.274 e. The van der Waals surface area contributed by atoms with Crippen molar-refractivity contribution in [1.29, 1.82) is 0 Å². The number of amides is 1. The average Bonchev–Trinajstić information content (AvgIpc) is 2.40. The number of nitrogens with one attached hydrogen (secondary N) is 1. The molecule has 0 aromatic heterocycles. The van der Waals surface area contributed by atoms with Crippen LogP contribution in [0.3, 0.4) is 0 Å². The van der Waals surface area contributed by atoms with E-state index in [1.807, 2.05) is 0 Å². The highest BCUT2D eigenvalue weighted by molar-refractivity contribution is 5.93. The Labute approximate surface area is 101 Å². The van der Waals surface area contributed by atoms with Gasteiger partial charge in [0.05, 0.1) is 6.10 Å². The van der Waals surface area contributed by atoms with Crippen LogP contribution >= 0.6 is 0 Å². The minimum atomic E-state index is -0.505. The predicted octanol–water partition coefficient (Wildman–Crippen LogP) is 2.52. The van der Waals surface area contributed by atoms with Crippen molar-refractivity contribution in [2.45, 2.75) is 38.2 Å². The zero-order chi connectivity index (χ0) is 12.1. The maximum atomic E-state index is 11.1. The van der Waals surface area contributed by atoms with Crippen LogP contribution in [0.25, 0.3) is 0 Å². The molecule has 1 saturated carbocycles. The highest BCUT2D eigenvalue weighted by atomic mass is 16.5. The van der Waals surface area contributed by atoms with Gasteiger partial charge in [-0.2, -0.15) is 0 Å². The molecule has 0 radical (unpaired) electrons. The molecule has 0 spiro atoms. The van der Waals surface area contributed by atoms with Crippen molar-refractivity contribution >= 4 is 5.91 Å². The minimum Gasteiger partial charge on any atom is -0.490 e. The first-order chi connectivity index (χ1) is 8.29. The summed E-state index contributed by atoms with van der Waals surface area (Å²) in [6, 6.07) is 6.81. The topological polar surface area (TPSA) is 58.6 Å². The molecule has 0 saturated heterocycles. The van der Waals surface area contributed by atoms with Gasteiger partial charge in [-0.15, -0.1) is 0 Å². The molecule has 0 bridgehead atoms. The molecule has 0 aliphatic heterocycles. The van der Waals surface area contributed by atoms with Crippen LogP contribution < -0.4 is 10.2 Å². The highest BCUT2D eigenvalue weighted by Crippen LogP contribution is 2.23. The molecule has 2 N–H and O–H groups in total. The largest absolute Gasteiger partial charge is 0.490 e. The van der Waals surface area contributed by atoms with Gasteiger partial charge in [0, 0.05) is 5.56 Å². The fraction of sp³-hybridized carbons (Fsp3) is 0.462. The minimum absolute atomic E-state index is 0.307. The lowest BCUT2D eigenvalue weighted by Crippen LogP contribution is -2.20. The zero-order valence-electron chi connectivity index (χ0n) is 9.69. The van der Waals surface area contributed by atoms with Crippen LogP contribution in [0.15, 0.2) is 24.3 Å². The van der Waals surface area contributed by atoms with Crippen LogP contribution in [0.4, 0.5) is 0 Å². The van der Waals surface area contributed by atoms with Gasteiger partial charge >= 0.3 is 0 Å². The predicted molar refractivity (Wildman–Crippen MR) is 63.2 cm³/mol. The summed E-state index contributed by atoms with van der Waals surface area (Å²) in [6.45, 7) is 0. The molecule has 1 aromatic rings. The van der Waals surface area contributed by atoms with E-state index in [2.05, 4.69) is 0 Å². The number of carbonyl (C=O) groups is 1. The van der Waals surface area contributed by atoms with E-state index >= 15 is 0 Å². The monoisotopic (exact) mass is 235 g/mol. The number of ether oxygens (including phenoxy) is 1. The van der Waals surface area contributed by atoms with E-state index in [0.717, 1.165) is 18.6 Å². The Balaban J connectivity index is 1.95. The Hall–Kier alpha value is -1.55. The number of carbonyl (C=O) groups excluding carboxylic acids is 1. The van der Waals surface area contributed by atoms with Gasteiger partial charge in [0.2, 0.25) is 0 Å². The first-order valence-electron chi connectivity index (χ1n) is 6.01. The molecule has 92 valence electrons. The first kappa shape index (κ1) is 11.9. The van der Waals surface area contributed by atoms with Gasteiger partial charge in [0.25, 0.3) is 5.91 Å². The van der Waals surface area contributed by atoms with Gasteiger partial charge < -0.3 is 4.74 Å². The van der Waals surface area contributed by atoms with Crippen molar-refractivity contribution in [3.63, 3.8) is 0 Å². The normalized spacial score (nSPS) is 16.5. The maximum absolute atomic E-state index is 11.1. The van der Waals surface area contributed by atoms with E-state index in [9.17, 15) is 4.79 Å². The molecule has 17 heavy (non-hydrogen) atoms. The molecule has 0 heterocycles. The quantitative estimate of drug-likeness (QED) is 0.625. The van der Waals surface area contributed by atoms with Crippen LogP contribution in [0.1, 0.15) is 42.5 Å². The lowest BCUT2D eigenvalue weighted by atomic mass is 9.98. The Bertz CT molecular complexity index is 369. The summed E-state index contributed by atoms with van der Waals surface area (Å²) in [4.78, 5) is 11.1. The summed E-state index contributed by atoms with van der Waals surface area (Å²) in [5.74, 6) is 0.278. The van der Waals surface area contributed by atoms with E-state index in [0.29, 0.717) is 11.7 Å². The Kier molecular flexibility index (Phi) is 3.98. The van der Waals surface area contributed by atoms with E-state index in [-0.39, 0.29) is 0 Å². The summed E-state index contributed by atoms with van der Waals surface area (Å²) in [5.41, 5.74) is 2.02. The van der Waals surface area contributed by atoms with E-state index in [1.54, 1.807) is 29.7 Å². The maximum Gasteiger partial charge on any atom is 0.274 e. The number of hydroxylamine groups is 1. The third kappa shape index (κ3) is 3.20. The van der Waals surface area contributed by atoms with Crippen LogP contribution in [0, 0.1) is 0 Å². The Morgan fingerprint density at radius 2 is 1.82 bits per heavy atom. The second-order valence-corrected chi connectivity index (χ2v) is 4.34. The van der Waals surface area contributed by atoms with Gasteiger partial charge in [-0.05, 0) is 49.9 Å². The van der Waals surface area contributed by atoms with Crippen molar-refractivity contribution in [2.24, 2.45) is 0 Å². The van der Waals surface area contributed by atoms with Crippen molar-refractivity contribution < 1.29 is 14.7 Å². The molecule has 2 rings (SSSR count). The standard InChI is InChI=1S/C13H17NO3/c15-13(14-16)10-6-8-12(9-7-10)17-11-4-2-1-3-5-11/h6-9,11,16H,1-5H2,(H,14,15). The van der Waals surface area contributed by atoms with Crippen molar-refractivity contribution in [2.75, 3.05) is 0 Å². The van der Waals surface area contributed by atoms with Crippen LogP contribution in [-0.2, 0) is 0 Å². The molecule has 1 aromatic carbocycles. The van der Waals surface area contributed by atoms with Gasteiger partial charge in [-0.25, -0.2) is 5.48 Å². The number of rotatable bonds is 3. The van der Waals surface area contributed by atoms with E-state index in [4.69, 9.17) is 9.94 Å². The summed E-state index contributed by atoms with van der Waals surface area (Å²) in [6.07, 6.45) is 6.29. The molecular formula is C13H17NO3. The molecule has 4 heteroatoms. The Morgan fingerprint density at radius 1 is 1.18 bits per heavy atom. The fourth-order valence-corrected chi connectivity index (χ4v) is 2.12. The molecule has 1 aliphatic carbocycles. The zero-order valence-corrected chi connectivity index (χ0v) is 9.69. The molecular weight excluding hydrogens is 218 g/mol.